The van der Waals surface area contributed by atoms with Crippen LogP contribution in [0.15, 0.2) is 0 Å². The van der Waals surface area contributed by atoms with E-state index in [4.69, 9.17) is 21.1 Å². The minimum absolute atomic E-state index is 0.247. The average molecular weight is 457 g/mol. The minimum atomic E-state index is -4.27. The lowest BCUT2D eigenvalue weighted by Crippen LogP contribution is -2.57. The lowest BCUT2D eigenvalue weighted by molar-refractivity contribution is -0.140. The van der Waals surface area contributed by atoms with Gasteiger partial charge in [0, 0.05) is 6.04 Å². The zero-order valence-corrected chi connectivity index (χ0v) is 17.8. The molecule has 0 spiro atoms. The Morgan fingerprint density at radius 1 is 1.14 bits per heavy atom. The molecule has 29 heavy (non-hydrogen) atoms. The van der Waals surface area contributed by atoms with Crippen LogP contribution in [0.4, 0.5) is 0 Å². The Labute approximate surface area is 174 Å². The molecule has 3 amide bonds. The zero-order chi connectivity index (χ0) is 22.9. The van der Waals surface area contributed by atoms with E-state index in [2.05, 4.69) is 23.3 Å². The van der Waals surface area contributed by atoms with E-state index in [1.165, 1.54) is 0 Å². The summed E-state index contributed by atoms with van der Waals surface area (Å²) in [6.07, 6.45) is -0.522. The molecule has 0 aliphatic carbocycles. The summed E-state index contributed by atoms with van der Waals surface area (Å²) >= 11 is 4.04. The molecule has 0 unspecified atom stereocenters. The van der Waals surface area contributed by atoms with Gasteiger partial charge in [0.15, 0.2) is 0 Å². The summed E-state index contributed by atoms with van der Waals surface area (Å²) in [5.74, 6) is -5.06. The fourth-order valence-electron chi connectivity index (χ4n) is 2.24. The highest BCUT2D eigenvalue weighted by Gasteiger charge is 2.32. The number of carboxylic acids is 1. The number of thiol groups is 1. The third-order valence-corrected chi connectivity index (χ3v) is 5.58. The summed E-state index contributed by atoms with van der Waals surface area (Å²) in [5, 5.41) is 12.2. The molecule has 0 aromatic rings. The molecular weight excluding hydrogens is 428 g/mol. The molecule has 0 aromatic heterocycles. The monoisotopic (exact) mass is 456 g/mol. The van der Waals surface area contributed by atoms with Crippen molar-refractivity contribution in [2.45, 2.75) is 56.5 Å². The van der Waals surface area contributed by atoms with Crippen molar-refractivity contribution >= 4 is 46.4 Å². The van der Waals surface area contributed by atoms with Crippen molar-refractivity contribution in [1.29, 1.82) is 0 Å². The van der Waals surface area contributed by atoms with E-state index in [-0.39, 0.29) is 6.42 Å². The minimum Gasteiger partial charge on any atom is -0.481 e. The molecule has 168 valence electrons. The number of hydrogen-bond acceptors (Lipinski definition) is 8. The molecular formula is C15H28N4O8S2. The number of carbonyl (C=O) groups excluding carboxylic acids is 3. The summed E-state index contributed by atoms with van der Waals surface area (Å²) in [6, 6.07) is -3.65. The van der Waals surface area contributed by atoms with Crippen molar-refractivity contribution in [3.8, 4) is 0 Å². The Morgan fingerprint density at radius 3 is 2.10 bits per heavy atom. The highest BCUT2D eigenvalue weighted by atomic mass is 32.2. The topological polar surface area (TPSA) is 219 Å². The summed E-state index contributed by atoms with van der Waals surface area (Å²) in [5.41, 5.74) is 10.8. The molecule has 0 aromatic carbocycles. The largest absolute Gasteiger partial charge is 0.481 e. The van der Waals surface area contributed by atoms with Gasteiger partial charge < -0.3 is 27.2 Å². The lowest BCUT2D eigenvalue weighted by Gasteiger charge is -2.27. The number of rotatable bonds is 13. The molecule has 14 heteroatoms. The standard InChI is InChI=1S/C15H28N4O8S2/c1-3-7(2)11(14(23)18-9(13(17)22)6-10(20)21)19-15(24)12(28)8(16)4-5-29(25,26)27/h7-9,11-12,28H,3-6,16H2,1-2H3,(H2,17,22)(H,18,23)(H,19,24)(H,20,21)(H,25,26,27)/t7-,8+,9-,11-,12+/m0/s1. The Bertz CT molecular complexity index is 715. The van der Waals surface area contributed by atoms with E-state index >= 15 is 0 Å². The number of amides is 3. The van der Waals surface area contributed by atoms with Crippen LogP contribution in [0.5, 0.6) is 0 Å². The van der Waals surface area contributed by atoms with Crippen LogP contribution in [0.1, 0.15) is 33.1 Å². The fourth-order valence-corrected chi connectivity index (χ4v) is 3.03. The zero-order valence-electron chi connectivity index (χ0n) is 16.1. The molecule has 0 rings (SSSR count). The molecule has 0 bridgehead atoms. The molecule has 0 saturated heterocycles. The van der Waals surface area contributed by atoms with E-state index in [1.54, 1.807) is 13.8 Å². The van der Waals surface area contributed by atoms with Crippen LogP contribution >= 0.6 is 12.6 Å². The van der Waals surface area contributed by atoms with Crippen LogP contribution in [0.2, 0.25) is 0 Å². The lowest BCUT2D eigenvalue weighted by atomic mass is 9.97. The molecule has 0 radical (unpaired) electrons. The van der Waals surface area contributed by atoms with Gasteiger partial charge in [-0.2, -0.15) is 21.0 Å². The van der Waals surface area contributed by atoms with Gasteiger partial charge in [-0.3, -0.25) is 23.7 Å². The summed E-state index contributed by atoms with van der Waals surface area (Å²) < 4.78 is 30.4. The van der Waals surface area contributed by atoms with Crippen molar-refractivity contribution in [2.24, 2.45) is 17.4 Å². The maximum Gasteiger partial charge on any atom is 0.305 e. The number of carbonyl (C=O) groups is 4. The molecule has 5 atom stereocenters. The van der Waals surface area contributed by atoms with Crippen LogP contribution in [0, 0.1) is 5.92 Å². The van der Waals surface area contributed by atoms with E-state index in [0.717, 1.165) is 0 Å². The fraction of sp³-hybridized carbons (Fsp3) is 0.733. The molecule has 0 aliphatic rings. The molecule has 0 aliphatic heterocycles. The number of hydrogen-bond donors (Lipinski definition) is 7. The predicted molar refractivity (Wildman–Crippen MR) is 107 cm³/mol. The van der Waals surface area contributed by atoms with Crippen molar-refractivity contribution in [3.05, 3.63) is 0 Å². The summed E-state index contributed by atoms with van der Waals surface area (Å²) in [7, 11) is -4.27. The van der Waals surface area contributed by atoms with Crippen molar-refractivity contribution < 1.29 is 37.3 Å². The summed E-state index contributed by atoms with van der Waals surface area (Å²) in [6.45, 7) is 3.39. The van der Waals surface area contributed by atoms with Crippen LogP contribution < -0.4 is 22.1 Å². The highest BCUT2D eigenvalue weighted by Crippen LogP contribution is 2.12. The second-order valence-electron chi connectivity index (χ2n) is 6.62. The summed E-state index contributed by atoms with van der Waals surface area (Å²) in [4.78, 5) is 47.1. The van der Waals surface area contributed by atoms with Gasteiger partial charge in [0.2, 0.25) is 17.7 Å². The van der Waals surface area contributed by atoms with E-state index in [9.17, 15) is 27.6 Å². The van der Waals surface area contributed by atoms with Crippen LogP contribution in [-0.4, -0.2) is 70.9 Å². The van der Waals surface area contributed by atoms with Gasteiger partial charge >= 0.3 is 5.97 Å². The first-order valence-corrected chi connectivity index (χ1v) is 10.8. The van der Waals surface area contributed by atoms with Gasteiger partial charge in [-0.25, -0.2) is 0 Å². The van der Waals surface area contributed by atoms with Crippen LogP contribution in [-0.2, 0) is 29.3 Å². The molecule has 8 N–H and O–H groups in total. The second kappa shape index (κ2) is 11.9. The van der Waals surface area contributed by atoms with Gasteiger partial charge in [0.25, 0.3) is 10.1 Å². The number of primary amides is 1. The average Bonchev–Trinajstić information content (AvgIpc) is 2.60. The first kappa shape index (κ1) is 27.1. The van der Waals surface area contributed by atoms with Crippen molar-refractivity contribution in [2.75, 3.05) is 5.75 Å². The predicted octanol–water partition coefficient (Wildman–Crippen LogP) is -2.13. The maximum absolute atomic E-state index is 12.5. The second-order valence-corrected chi connectivity index (χ2v) is 8.75. The number of carboxylic acid groups (broad SMARTS) is 1. The quantitative estimate of drug-likeness (QED) is 0.119. The third kappa shape index (κ3) is 10.4. The van der Waals surface area contributed by atoms with E-state index in [0.29, 0.717) is 6.42 Å². The van der Waals surface area contributed by atoms with Crippen LogP contribution in [0.3, 0.4) is 0 Å². The number of nitrogens with two attached hydrogens (primary N) is 2. The highest BCUT2D eigenvalue weighted by molar-refractivity contribution is 7.85. The number of nitrogens with one attached hydrogen (secondary N) is 2. The molecule has 0 fully saturated rings. The molecule has 12 nitrogen and oxygen atoms in total. The van der Waals surface area contributed by atoms with E-state index < -0.39 is 75.3 Å². The van der Waals surface area contributed by atoms with Gasteiger partial charge in [-0.05, 0) is 12.3 Å². The normalized spacial score (nSPS) is 16.7. The van der Waals surface area contributed by atoms with Crippen molar-refractivity contribution in [3.63, 3.8) is 0 Å². The van der Waals surface area contributed by atoms with Gasteiger partial charge in [-0.15, -0.1) is 0 Å². The third-order valence-electron chi connectivity index (χ3n) is 4.22. The first-order valence-electron chi connectivity index (χ1n) is 8.70. The Kier molecular flexibility index (Phi) is 11.2. The molecule has 0 heterocycles. The Morgan fingerprint density at radius 2 is 1.69 bits per heavy atom. The Hall–Kier alpha value is -1.90. The SMILES string of the molecule is CC[C@H](C)[C@H](NC(=O)[C@H](S)[C@H](N)CCS(=O)(=O)O)C(=O)N[C@@H](CC(=O)O)C(N)=O. The molecule has 0 saturated carbocycles. The van der Waals surface area contributed by atoms with Gasteiger partial charge in [-0.1, -0.05) is 20.3 Å². The first-order chi connectivity index (χ1) is 13.2. The number of aliphatic carboxylic acids is 1. The Balaban J connectivity index is 5.22. The van der Waals surface area contributed by atoms with Gasteiger partial charge in [0.05, 0.1) is 17.4 Å². The van der Waals surface area contributed by atoms with Gasteiger partial charge in [0.1, 0.15) is 12.1 Å². The maximum atomic E-state index is 12.5. The van der Waals surface area contributed by atoms with Crippen molar-refractivity contribution in [1.82, 2.24) is 10.6 Å². The van der Waals surface area contributed by atoms with E-state index in [1.807, 2.05) is 0 Å². The van der Waals surface area contributed by atoms with Crippen LogP contribution in [0.25, 0.3) is 0 Å². The smallest absolute Gasteiger partial charge is 0.305 e.